The number of para-hydroxylation sites is 1. The second kappa shape index (κ2) is 7.45. The van der Waals surface area contributed by atoms with Crippen LogP contribution in [0.1, 0.15) is 37.7 Å². The predicted octanol–water partition coefficient (Wildman–Crippen LogP) is 2.37. The molecule has 0 radical (unpaired) electrons. The van der Waals surface area contributed by atoms with E-state index in [2.05, 4.69) is 5.32 Å². The molecule has 2 aliphatic rings. The first-order valence-electron chi connectivity index (χ1n) is 8.96. The molecule has 1 aliphatic carbocycles. The van der Waals surface area contributed by atoms with Crippen LogP contribution >= 0.6 is 0 Å². The molecule has 0 unspecified atom stereocenters. The maximum Gasteiger partial charge on any atom is 0.327 e. The average Bonchev–Trinajstić information content (AvgIpc) is 2.81. The van der Waals surface area contributed by atoms with Gasteiger partial charge in [0.25, 0.3) is 5.91 Å². The Morgan fingerprint density at radius 3 is 2.58 bits per heavy atom. The first kappa shape index (κ1) is 18.4. The summed E-state index contributed by atoms with van der Waals surface area (Å²) in [6.07, 6.45) is 4.27. The summed E-state index contributed by atoms with van der Waals surface area (Å²) in [5.41, 5.74) is 0.700. The fraction of sp³-hybridized carbons (Fsp3) is 0.526. The fourth-order valence-electron chi connectivity index (χ4n) is 3.93. The SMILES string of the molecule is COCc1ccccc1NC(=O)CN1C(=O)N(C)C2(CCCCC2)C1=O. The van der Waals surface area contributed by atoms with Crippen molar-refractivity contribution in [2.75, 3.05) is 26.0 Å². The Hall–Kier alpha value is -2.41. The highest BCUT2D eigenvalue weighted by atomic mass is 16.5. The number of hydrogen-bond donors (Lipinski definition) is 1. The Morgan fingerprint density at radius 1 is 1.19 bits per heavy atom. The van der Waals surface area contributed by atoms with Gasteiger partial charge >= 0.3 is 6.03 Å². The highest BCUT2D eigenvalue weighted by Crippen LogP contribution is 2.39. The zero-order valence-corrected chi connectivity index (χ0v) is 15.3. The topological polar surface area (TPSA) is 79.0 Å². The van der Waals surface area contributed by atoms with Crippen LogP contribution < -0.4 is 5.32 Å². The van der Waals surface area contributed by atoms with Crippen LogP contribution in [-0.4, -0.2) is 53.9 Å². The molecule has 7 heteroatoms. The summed E-state index contributed by atoms with van der Waals surface area (Å²) in [5.74, 6) is -0.637. The number of anilines is 1. The van der Waals surface area contributed by atoms with Gasteiger partial charge in [-0.1, -0.05) is 37.5 Å². The van der Waals surface area contributed by atoms with Crippen LogP contribution in [0.2, 0.25) is 0 Å². The number of methoxy groups -OCH3 is 1. The second-order valence-corrected chi connectivity index (χ2v) is 6.96. The van der Waals surface area contributed by atoms with Crippen molar-refractivity contribution in [3.8, 4) is 0 Å². The summed E-state index contributed by atoms with van der Waals surface area (Å²) in [6.45, 7) is 0.0922. The van der Waals surface area contributed by atoms with E-state index in [4.69, 9.17) is 4.74 Å². The van der Waals surface area contributed by atoms with Crippen LogP contribution in [0.4, 0.5) is 10.5 Å². The molecule has 1 saturated heterocycles. The lowest BCUT2D eigenvalue weighted by molar-refractivity contribution is -0.136. The van der Waals surface area contributed by atoms with Gasteiger partial charge in [-0.2, -0.15) is 0 Å². The van der Waals surface area contributed by atoms with Gasteiger partial charge in [0, 0.05) is 25.4 Å². The number of imide groups is 1. The van der Waals surface area contributed by atoms with Gasteiger partial charge in [0.2, 0.25) is 5.91 Å². The largest absolute Gasteiger partial charge is 0.380 e. The lowest BCUT2D eigenvalue weighted by Gasteiger charge is -2.35. The Labute approximate surface area is 153 Å². The number of carbonyl (C=O) groups is 3. The summed E-state index contributed by atoms with van der Waals surface area (Å²) in [4.78, 5) is 40.6. The molecule has 2 fully saturated rings. The maximum atomic E-state index is 12.9. The van der Waals surface area contributed by atoms with Crippen LogP contribution in [0, 0.1) is 0 Å². The number of benzene rings is 1. The highest BCUT2D eigenvalue weighted by molar-refractivity contribution is 6.10. The predicted molar refractivity (Wildman–Crippen MR) is 96.5 cm³/mol. The lowest BCUT2D eigenvalue weighted by Crippen LogP contribution is -2.49. The van der Waals surface area contributed by atoms with E-state index in [1.54, 1.807) is 20.2 Å². The Bertz CT molecular complexity index is 712. The maximum absolute atomic E-state index is 12.9. The van der Waals surface area contributed by atoms with E-state index < -0.39 is 17.5 Å². The molecule has 3 rings (SSSR count). The highest BCUT2D eigenvalue weighted by Gasteiger charge is 2.55. The van der Waals surface area contributed by atoms with Crippen LogP contribution in [0.15, 0.2) is 24.3 Å². The molecule has 140 valence electrons. The minimum absolute atomic E-state index is 0.245. The van der Waals surface area contributed by atoms with Gasteiger partial charge in [0.15, 0.2) is 0 Å². The number of amides is 4. The van der Waals surface area contributed by atoms with E-state index >= 15 is 0 Å². The van der Waals surface area contributed by atoms with Gasteiger partial charge in [-0.05, 0) is 18.9 Å². The van der Waals surface area contributed by atoms with Crippen molar-refractivity contribution in [2.24, 2.45) is 0 Å². The zero-order chi connectivity index (χ0) is 18.7. The molecule has 1 spiro atoms. The third-order valence-electron chi connectivity index (χ3n) is 5.38. The Balaban J connectivity index is 1.71. The number of nitrogens with one attached hydrogen (secondary N) is 1. The molecule has 1 aromatic carbocycles. The van der Waals surface area contributed by atoms with E-state index in [9.17, 15) is 14.4 Å². The van der Waals surface area contributed by atoms with E-state index in [0.717, 1.165) is 29.7 Å². The van der Waals surface area contributed by atoms with Gasteiger partial charge < -0.3 is 15.0 Å². The second-order valence-electron chi connectivity index (χ2n) is 6.96. The van der Waals surface area contributed by atoms with Crippen molar-refractivity contribution in [1.29, 1.82) is 0 Å². The van der Waals surface area contributed by atoms with Gasteiger partial charge in [-0.25, -0.2) is 4.79 Å². The number of hydrogen-bond acceptors (Lipinski definition) is 4. The molecule has 0 atom stereocenters. The van der Waals surface area contributed by atoms with E-state index in [1.807, 2.05) is 18.2 Å². The third-order valence-corrected chi connectivity index (χ3v) is 5.38. The first-order valence-corrected chi connectivity index (χ1v) is 8.96. The fourth-order valence-corrected chi connectivity index (χ4v) is 3.93. The van der Waals surface area contributed by atoms with E-state index in [1.165, 1.54) is 4.90 Å². The smallest absolute Gasteiger partial charge is 0.327 e. The number of nitrogens with zero attached hydrogens (tertiary/aromatic N) is 2. The summed E-state index contributed by atoms with van der Waals surface area (Å²) in [7, 11) is 3.25. The van der Waals surface area contributed by atoms with Gasteiger partial charge in [-0.3, -0.25) is 14.5 Å². The molecule has 1 heterocycles. The molecule has 4 amide bonds. The normalized spacial score (nSPS) is 19.3. The Kier molecular flexibility index (Phi) is 5.27. The molecule has 0 bridgehead atoms. The molecule has 1 N–H and O–H groups in total. The van der Waals surface area contributed by atoms with Crippen molar-refractivity contribution in [1.82, 2.24) is 9.80 Å². The molecule has 26 heavy (non-hydrogen) atoms. The molecule has 1 aromatic rings. The average molecular weight is 359 g/mol. The minimum atomic E-state index is -0.760. The minimum Gasteiger partial charge on any atom is -0.380 e. The van der Waals surface area contributed by atoms with Crippen molar-refractivity contribution in [3.63, 3.8) is 0 Å². The number of urea groups is 1. The van der Waals surface area contributed by atoms with Crippen molar-refractivity contribution in [3.05, 3.63) is 29.8 Å². The first-order chi connectivity index (χ1) is 12.5. The van der Waals surface area contributed by atoms with Crippen molar-refractivity contribution in [2.45, 2.75) is 44.2 Å². The summed E-state index contributed by atoms with van der Waals surface area (Å²) >= 11 is 0. The molecule has 1 aliphatic heterocycles. The molecular formula is C19H25N3O4. The van der Waals surface area contributed by atoms with E-state index in [0.29, 0.717) is 25.1 Å². The van der Waals surface area contributed by atoms with Crippen LogP contribution in [0.25, 0.3) is 0 Å². The van der Waals surface area contributed by atoms with Crippen molar-refractivity contribution >= 4 is 23.5 Å². The Morgan fingerprint density at radius 2 is 1.88 bits per heavy atom. The third kappa shape index (κ3) is 3.19. The van der Waals surface area contributed by atoms with Crippen LogP contribution in [0.3, 0.4) is 0 Å². The number of carbonyl (C=O) groups excluding carboxylic acids is 3. The van der Waals surface area contributed by atoms with Gasteiger partial charge in [-0.15, -0.1) is 0 Å². The standard InChI is InChI=1S/C19H25N3O4/c1-21-18(25)22(17(24)19(21)10-6-3-7-11-19)12-16(23)20-15-9-5-4-8-14(15)13-26-2/h4-5,8-9H,3,6-7,10-13H2,1-2H3,(H,20,23). The zero-order valence-electron chi connectivity index (χ0n) is 15.3. The number of rotatable bonds is 5. The van der Waals surface area contributed by atoms with E-state index in [-0.39, 0.29) is 12.5 Å². The molecule has 1 saturated carbocycles. The summed E-state index contributed by atoms with van der Waals surface area (Å²) in [6, 6.07) is 6.91. The van der Waals surface area contributed by atoms with Gasteiger partial charge in [0.05, 0.1) is 6.61 Å². The van der Waals surface area contributed by atoms with Crippen molar-refractivity contribution < 1.29 is 19.1 Å². The quantitative estimate of drug-likeness (QED) is 0.819. The lowest BCUT2D eigenvalue weighted by atomic mass is 9.81. The number of likely N-dealkylation sites (N-methyl/N-ethyl adjacent to an activating group) is 1. The monoisotopic (exact) mass is 359 g/mol. The van der Waals surface area contributed by atoms with Crippen LogP contribution in [-0.2, 0) is 20.9 Å². The van der Waals surface area contributed by atoms with Gasteiger partial charge in [0.1, 0.15) is 12.1 Å². The molecule has 7 nitrogen and oxygen atoms in total. The summed E-state index contributed by atoms with van der Waals surface area (Å²) < 4.78 is 5.13. The number of ether oxygens (including phenoxy) is 1. The molecular weight excluding hydrogens is 334 g/mol. The summed E-state index contributed by atoms with van der Waals surface area (Å²) in [5, 5.41) is 2.79. The van der Waals surface area contributed by atoms with Crippen LogP contribution in [0.5, 0.6) is 0 Å². The molecule has 0 aromatic heterocycles.